The lowest BCUT2D eigenvalue weighted by Crippen LogP contribution is -2.60. The number of phenolic OH excluding ortho intramolecular Hbond substituents is 2. The van der Waals surface area contributed by atoms with Crippen molar-refractivity contribution in [1.82, 2.24) is 56.9 Å². The number of carbonyl (C=O) groups excluding carboxylic acids is 10. The molecule has 4 aromatic carbocycles. The lowest BCUT2D eigenvalue weighted by molar-refractivity contribution is -0.147. The molecule has 7 atom stereocenters. The minimum absolute atomic E-state index is 0.0355. The Bertz CT molecular complexity index is 3280. The van der Waals surface area contributed by atoms with Gasteiger partial charge in [0, 0.05) is 63.4 Å². The predicted octanol–water partition coefficient (Wildman–Crippen LogP) is 0.851. The number of benzene rings is 4. The number of H-pyrrole nitrogens is 1. The van der Waals surface area contributed by atoms with Crippen LogP contribution in [0.5, 0.6) is 11.5 Å². The molecule has 3 heterocycles. The highest BCUT2D eigenvalue weighted by Gasteiger charge is 2.41. The molecular weight excluding hydrogens is 1120 g/mol. The number of carboxylic acids is 1. The van der Waals surface area contributed by atoms with Crippen molar-refractivity contribution in [3.05, 3.63) is 132 Å². The molecule has 10 amide bonds. The predicted molar refractivity (Wildman–Crippen MR) is 317 cm³/mol. The zero-order valence-corrected chi connectivity index (χ0v) is 48.7. The normalized spacial score (nSPS) is 22.3. The Morgan fingerprint density at radius 1 is 0.540 bits per heavy atom. The third-order valence-corrected chi connectivity index (χ3v) is 15.5. The van der Waals surface area contributed by atoms with E-state index in [2.05, 4.69) is 42.2 Å². The van der Waals surface area contributed by atoms with Crippen LogP contribution >= 0.6 is 0 Å². The van der Waals surface area contributed by atoms with Crippen LogP contribution in [0.2, 0.25) is 0 Å². The molecule has 0 aliphatic carbocycles. The van der Waals surface area contributed by atoms with Crippen LogP contribution in [0, 0.1) is 0 Å². The Hall–Kier alpha value is -9.81. The molecule has 0 saturated carbocycles. The standard InChI is InChI=1S/C62H75N11O14/c1-4-5-7-17-45-57(82)68-47(31-40-33-63-44-16-11-10-15-43(40)44)56(81)66-36-54(78)72(3)51(30-39-21-25-42(75)26-22-39)61(86)70-48(32-55(79)80)62(87)73-27-12-18-49(73)59(84)65-34-52(76)64-35-53(77)71(2)50(29-37-13-8-6-9-14-37)60(85)69-46(58(83)67-45)28-38-19-23-41(74)24-20-38/h6,8-11,13-16,19-26,33,45-51,63,74-75H,4-5,7,12,17-18,27-32,34-36H2,1-3H3,(H,64,76)(H,65,84)(H,66,81)(H,67,83)(H,68,82)(H,69,85)(H,70,86)(H,79,80)/t45-,46-,47-,48-,49+,50-,51-/m0/s1. The van der Waals surface area contributed by atoms with Gasteiger partial charge in [-0.25, -0.2) is 0 Å². The van der Waals surface area contributed by atoms with Crippen LogP contribution in [0.3, 0.4) is 0 Å². The van der Waals surface area contributed by atoms with Crippen LogP contribution in [-0.2, 0) is 78.4 Å². The molecule has 2 aliphatic rings. The number of aromatic nitrogens is 1. The molecule has 25 nitrogen and oxygen atoms in total. The van der Waals surface area contributed by atoms with E-state index in [9.17, 15) is 68.1 Å². The molecule has 7 rings (SSSR count). The molecule has 87 heavy (non-hydrogen) atoms. The number of aromatic hydroxyl groups is 2. The molecule has 2 fully saturated rings. The summed E-state index contributed by atoms with van der Waals surface area (Å²) in [7, 11) is 2.60. The summed E-state index contributed by atoms with van der Waals surface area (Å²) in [6, 6.07) is 17.5. The number of aliphatic carboxylic acids is 1. The van der Waals surface area contributed by atoms with Crippen molar-refractivity contribution in [3.63, 3.8) is 0 Å². The number of fused-ring (bicyclic) bond motifs is 2. The topological polar surface area (TPSA) is 358 Å². The lowest BCUT2D eigenvalue weighted by atomic mass is 10.00. The largest absolute Gasteiger partial charge is 0.508 e. The second-order valence-corrected chi connectivity index (χ2v) is 21.8. The first-order chi connectivity index (χ1) is 41.7. The van der Waals surface area contributed by atoms with E-state index in [0.29, 0.717) is 35.1 Å². The fraction of sp³-hybridized carbons (Fsp3) is 0.403. The van der Waals surface area contributed by atoms with Gasteiger partial charge in [0.05, 0.1) is 26.1 Å². The fourth-order valence-electron chi connectivity index (χ4n) is 10.5. The van der Waals surface area contributed by atoms with Crippen molar-refractivity contribution in [1.29, 1.82) is 0 Å². The first-order valence-corrected chi connectivity index (χ1v) is 28.9. The second kappa shape index (κ2) is 30.8. The average molecular weight is 1200 g/mol. The van der Waals surface area contributed by atoms with E-state index < -0.39 is 133 Å². The van der Waals surface area contributed by atoms with Crippen LogP contribution < -0.4 is 37.2 Å². The number of amides is 10. The van der Waals surface area contributed by atoms with Gasteiger partial charge in [0.15, 0.2) is 0 Å². The zero-order chi connectivity index (χ0) is 62.7. The summed E-state index contributed by atoms with van der Waals surface area (Å²) in [5.41, 5.74) is 2.87. The summed E-state index contributed by atoms with van der Waals surface area (Å²) < 4.78 is 0. The van der Waals surface area contributed by atoms with E-state index in [1.807, 2.05) is 25.1 Å². The van der Waals surface area contributed by atoms with E-state index in [1.165, 1.54) is 50.5 Å². The second-order valence-electron chi connectivity index (χ2n) is 21.8. The Morgan fingerprint density at radius 3 is 1.68 bits per heavy atom. The number of carbonyl (C=O) groups is 11. The molecule has 0 spiro atoms. The fourth-order valence-corrected chi connectivity index (χ4v) is 10.5. The smallest absolute Gasteiger partial charge is 0.305 e. The van der Waals surface area contributed by atoms with Crippen LogP contribution in [0.25, 0.3) is 10.9 Å². The molecule has 11 N–H and O–H groups in total. The highest BCUT2D eigenvalue weighted by molar-refractivity contribution is 5.99. The summed E-state index contributed by atoms with van der Waals surface area (Å²) in [4.78, 5) is 162. The Morgan fingerprint density at radius 2 is 1.06 bits per heavy atom. The van der Waals surface area contributed by atoms with Gasteiger partial charge in [-0.1, -0.05) is 99.0 Å². The van der Waals surface area contributed by atoms with Gasteiger partial charge < -0.3 is 72.2 Å². The number of likely N-dealkylation sites (N-methyl/N-ethyl adjacent to an activating group) is 2. The molecule has 25 heteroatoms. The van der Waals surface area contributed by atoms with E-state index >= 15 is 0 Å². The van der Waals surface area contributed by atoms with Crippen LogP contribution in [0.1, 0.15) is 74.1 Å². The Kier molecular flexibility index (Phi) is 22.9. The zero-order valence-electron chi connectivity index (χ0n) is 48.7. The number of carboxylic acid groups (broad SMARTS) is 1. The Balaban J connectivity index is 1.26. The number of hydrogen-bond acceptors (Lipinski definition) is 13. The number of rotatable bonds is 14. The average Bonchev–Trinajstić information content (AvgIpc) is 3.18. The minimum Gasteiger partial charge on any atom is -0.508 e. The summed E-state index contributed by atoms with van der Waals surface area (Å²) in [5, 5.41) is 49.4. The van der Waals surface area contributed by atoms with Crippen molar-refractivity contribution in [2.24, 2.45) is 0 Å². The molecule has 462 valence electrons. The third-order valence-electron chi connectivity index (χ3n) is 15.5. The number of nitrogens with zero attached hydrogens (tertiary/aromatic N) is 3. The number of phenols is 2. The number of hydrogen-bond donors (Lipinski definition) is 11. The summed E-state index contributed by atoms with van der Waals surface area (Å²) in [6.07, 6.45) is 2.36. The molecular formula is C62H75N11O14. The highest BCUT2D eigenvalue weighted by Crippen LogP contribution is 2.23. The van der Waals surface area contributed by atoms with Crippen molar-refractivity contribution in [2.75, 3.05) is 40.3 Å². The Labute approximate surface area is 502 Å². The maximum Gasteiger partial charge on any atom is 0.305 e. The van der Waals surface area contributed by atoms with Gasteiger partial charge in [-0.05, 0) is 71.8 Å². The number of unbranched alkanes of at least 4 members (excludes halogenated alkanes) is 2. The number of para-hydroxylation sites is 1. The van der Waals surface area contributed by atoms with Gasteiger partial charge >= 0.3 is 5.97 Å². The van der Waals surface area contributed by atoms with Crippen molar-refractivity contribution < 1.29 is 68.1 Å². The maximum atomic E-state index is 14.9. The first-order valence-electron chi connectivity index (χ1n) is 28.9. The molecule has 5 aromatic rings. The van der Waals surface area contributed by atoms with Crippen molar-refractivity contribution >= 4 is 75.9 Å². The summed E-state index contributed by atoms with van der Waals surface area (Å²) in [5.74, 6) is -10.0. The highest BCUT2D eigenvalue weighted by atomic mass is 16.4. The van der Waals surface area contributed by atoms with Crippen molar-refractivity contribution in [3.8, 4) is 11.5 Å². The van der Waals surface area contributed by atoms with Crippen LogP contribution in [-0.4, -0.2) is 183 Å². The van der Waals surface area contributed by atoms with Gasteiger partial charge in [-0.2, -0.15) is 0 Å². The van der Waals surface area contributed by atoms with Gasteiger partial charge in [-0.3, -0.25) is 52.7 Å². The molecule has 1 aromatic heterocycles. The minimum atomic E-state index is -1.78. The monoisotopic (exact) mass is 1200 g/mol. The molecule has 2 aliphatic heterocycles. The molecule has 0 radical (unpaired) electrons. The van der Waals surface area contributed by atoms with Crippen LogP contribution in [0.4, 0.5) is 0 Å². The number of aromatic amines is 1. The van der Waals surface area contributed by atoms with Gasteiger partial charge in [0.2, 0.25) is 59.1 Å². The first kappa shape index (κ1) is 64.7. The quantitative estimate of drug-likeness (QED) is 0.0688. The SMILES string of the molecule is CCCCC[C@@H]1NC(=O)[C@H](Cc2ccc(O)cc2)NC(=O)[C@H](Cc2ccccc2)N(C)C(=O)CNC(=O)CNC(=O)[C@H]2CCCN2C(=O)[C@H](CC(=O)O)NC(=O)[C@H](Cc2ccc(O)cc2)N(C)C(=O)CNC(=O)[C@H](Cc2c[nH]c3ccccc23)NC1=O. The van der Waals surface area contributed by atoms with Gasteiger partial charge in [-0.15, -0.1) is 0 Å². The molecule has 0 unspecified atom stereocenters. The maximum absolute atomic E-state index is 14.9. The van der Waals surface area contributed by atoms with E-state index in [0.717, 1.165) is 32.0 Å². The van der Waals surface area contributed by atoms with Gasteiger partial charge in [0.25, 0.3) is 0 Å². The van der Waals surface area contributed by atoms with Gasteiger partial charge in [0.1, 0.15) is 53.8 Å². The number of nitrogens with one attached hydrogen (secondary N) is 8. The van der Waals surface area contributed by atoms with E-state index in [-0.39, 0.29) is 63.0 Å². The van der Waals surface area contributed by atoms with Crippen LogP contribution in [0.15, 0.2) is 109 Å². The summed E-state index contributed by atoms with van der Waals surface area (Å²) >= 11 is 0. The van der Waals surface area contributed by atoms with E-state index in [4.69, 9.17) is 0 Å². The van der Waals surface area contributed by atoms with E-state index in [1.54, 1.807) is 54.7 Å². The lowest BCUT2D eigenvalue weighted by Gasteiger charge is -2.32. The summed E-state index contributed by atoms with van der Waals surface area (Å²) in [6.45, 7) is -0.177. The third kappa shape index (κ3) is 18.1. The molecule has 2 saturated heterocycles. The molecule has 0 bridgehead atoms. The van der Waals surface area contributed by atoms with Crippen molar-refractivity contribution in [2.45, 2.75) is 120 Å².